The standard InChI is InChI=1S/C16H18ClN3O4/c1-11-12(16(23)19(7-8-24-2)10-15(21)22)9-18-20(11)14-6-4-3-5-13(14)17/h3-6,9H,7-8,10H2,1-2H3,(H,21,22). The lowest BCUT2D eigenvalue weighted by atomic mass is 10.2. The normalized spacial score (nSPS) is 10.6. The van der Waals surface area contributed by atoms with Gasteiger partial charge in [-0.15, -0.1) is 0 Å². The topological polar surface area (TPSA) is 84.7 Å². The second kappa shape index (κ2) is 7.94. The van der Waals surface area contributed by atoms with Crippen LogP contribution in [0.15, 0.2) is 30.5 Å². The van der Waals surface area contributed by atoms with Gasteiger partial charge in [-0.1, -0.05) is 23.7 Å². The molecule has 1 aromatic carbocycles. The Morgan fingerprint density at radius 3 is 2.71 bits per heavy atom. The molecule has 7 nitrogen and oxygen atoms in total. The summed E-state index contributed by atoms with van der Waals surface area (Å²) < 4.78 is 6.50. The van der Waals surface area contributed by atoms with Crippen LogP contribution in [0.4, 0.5) is 0 Å². The Labute approximate surface area is 144 Å². The van der Waals surface area contributed by atoms with Gasteiger partial charge in [0.2, 0.25) is 0 Å². The van der Waals surface area contributed by atoms with E-state index in [1.165, 1.54) is 18.2 Å². The smallest absolute Gasteiger partial charge is 0.323 e. The molecule has 0 atom stereocenters. The molecular weight excluding hydrogens is 334 g/mol. The van der Waals surface area contributed by atoms with Gasteiger partial charge in [0.1, 0.15) is 6.54 Å². The Kier molecular flexibility index (Phi) is 5.94. The lowest BCUT2D eigenvalue weighted by molar-refractivity contribution is -0.137. The third-order valence-electron chi connectivity index (χ3n) is 3.50. The number of rotatable bonds is 7. The predicted molar refractivity (Wildman–Crippen MR) is 88.7 cm³/mol. The summed E-state index contributed by atoms with van der Waals surface area (Å²) >= 11 is 6.17. The number of para-hydroxylation sites is 1. The number of carboxylic acid groups (broad SMARTS) is 1. The summed E-state index contributed by atoms with van der Waals surface area (Å²) in [4.78, 5) is 24.9. The summed E-state index contributed by atoms with van der Waals surface area (Å²) in [5.41, 5.74) is 1.56. The zero-order valence-electron chi connectivity index (χ0n) is 13.4. The molecule has 1 heterocycles. The van der Waals surface area contributed by atoms with Crippen molar-refractivity contribution >= 4 is 23.5 Å². The van der Waals surface area contributed by atoms with Gasteiger partial charge in [-0.05, 0) is 19.1 Å². The molecule has 1 aromatic heterocycles. The van der Waals surface area contributed by atoms with E-state index in [-0.39, 0.29) is 13.2 Å². The Hall–Kier alpha value is -2.38. The maximum absolute atomic E-state index is 12.7. The molecule has 0 bridgehead atoms. The summed E-state index contributed by atoms with van der Waals surface area (Å²) in [6, 6.07) is 7.14. The van der Waals surface area contributed by atoms with Crippen LogP contribution in [0.5, 0.6) is 0 Å². The maximum Gasteiger partial charge on any atom is 0.323 e. The number of carbonyl (C=O) groups is 2. The second-order valence-corrected chi connectivity index (χ2v) is 5.53. The van der Waals surface area contributed by atoms with E-state index in [1.54, 1.807) is 29.8 Å². The summed E-state index contributed by atoms with van der Waals surface area (Å²) in [6.45, 7) is 1.76. The fourth-order valence-electron chi connectivity index (χ4n) is 2.27. The predicted octanol–water partition coefficient (Wildman–Crippen LogP) is 2.01. The lowest BCUT2D eigenvalue weighted by Gasteiger charge is -2.20. The van der Waals surface area contributed by atoms with Crippen molar-refractivity contribution in [3.8, 4) is 5.69 Å². The van der Waals surface area contributed by atoms with Crippen molar-refractivity contribution in [3.05, 3.63) is 46.7 Å². The maximum atomic E-state index is 12.7. The molecule has 0 saturated carbocycles. The third-order valence-corrected chi connectivity index (χ3v) is 3.82. The van der Waals surface area contributed by atoms with Crippen LogP contribution in [0, 0.1) is 6.92 Å². The first-order valence-corrected chi connectivity index (χ1v) is 7.63. The van der Waals surface area contributed by atoms with E-state index in [0.717, 1.165) is 0 Å². The van der Waals surface area contributed by atoms with Crippen molar-refractivity contribution in [1.82, 2.24) is 14.7 Å². The number of hydrogen-bond donors (Lipinski definition) is 1. The average Bonchev–Trinajstić information content (AvgIpc) is 2.92. The van der Waals surface area contributed by atoms with E-state index >= 15 is 0 Å². The summed E-state index contributed by atoms with van der Waals surface area (Å²) in [5, 5.41) is 13.7. The number of aromatic nitrogens is 2. The fourth-order valence-corrected chi connectivity index (χ4v) is 2.49. The van der Waals surface area contributed by atoms with Crippen molar-refractivity contribution in [3.63, 3.8) is 0 Å². The Morgan fingerprint density at radius 1 is 1.38 bits per heavy atom. The molecule has 2 rings (SSSR count). The number of aliphatic carboxylic acids is 1. The molecule has 24 heavy (non-hydrogen) atoms. The van der Waals surface area contributed by atoms with Gasteiger partial charge in [-0.2, -0.15) is 5.10 Å². The number of benzene rings is 1. The van der Waals surface area contributed by atoms with Crippen molar-refractivity contribution < 1.29 is 19.4 Å². The first-order valence-electron chi connectivity index (χ1n) is 7.25. The molecule has 0 spiro atoms. The van der Waals surface area contributed by atoms with Gasteiger partial charge in [0.25, 0.3) is 5.91 Å². The molecule has 0 aliphatic heterocycles. The summed E-state index contributed by atoms with van der Waals surface area (Å²) in [7, 11) is 1.49. The number of nitrogens with zero attached hydrogens (tertiary/aromatic N) is 3. The van der Waals surface area contributed by atoms with E-state index < -0.39 is 18.4 Å². The number of carboxylic acids is 1. The van der Waals surface area contributed by atoms with E-state index in [4.69, 9.17) is 21.4 Å². The molecule has 0 fully saturated rings. The first kappa shape index (κ1) is 18.0. The molecule has 2 aromatic rings. The number of amides is 1. The van der Waals surface area contributed by atoms with Crippen molar-refractivity contribution in [2.45, 2.75) is 6.92 Å². The first-order chi connectivity index (χ1) is 11.5. The third kappa shape index (κ3) is 3.93. The Bertz CT molecular complexity index is 745. The van der Waals surface area contributed by atoms with Gasteiger partial charge < -0.3 is 14.7 Å². The largest absolute Gasteiger partial charge is 0.480 e. The monoisotopic (exact) mass is 351 g/mol. The zero-order chi connectivity index (χ0) is 17.7. The molecule has 0 aliphatic carbocycles. The molecule has 1 amide bonds. The molecule has 0 radical (unpaired) electrons. The lowest BCUT2D eigenvalue weighted by Crippen LogP contribution is -2.38. The summed E-state index contributed by atoms with van der Waals surface area (Å²) in [6.07, 6.45) is 1.42. The van der Waals surface area contributed by atoms with Crippen molar-refractivity contribution in [2.24, 2.45) is 0 Å². The van der Waals surface area contributed by atoms with Crippen LogP contribution in [-0.2, 0) is 9.53 Å². The summed E-state index contributed by atoms with van der Waals surface area (Å²) in [5.74, 6) is -1.50. The van der Waals surface area contributed by atoms with Gasteiger partial charge in [0.15, 0.2) is 0 Å². The highest BCUT2D eigenvalue weighted by atomic mass is 35.5. The van der Waals surface area contributed by atoms with Crippen LogP contribution in [0.2, 0.25) is 5.02 Å². The fraction of sp³-hybridized carbons (Fsp3) is 0.312. The number of methoxy groups -OCH3 is 1. The van der Waals surface area contributed by atoms with Crippen LogP contribution in [-0.4, -0.2) is 58.5 Å². The Morgan fingerprint density at radius 2 is 2.08 bits per heavy atom. The van der Waals surface area contributed by atoms with Gasteiger partial charge in [-0.25, -0.2) is 4.68 Å². The van der Waals surface area contributed by atoms with E-state index in [0.29, 0.717) is 22.0 Å². The van der Waals surface area contributed by atoms with Gasteiger partial charge in [-0.3, -0.25) is 9.59 Å². The SMILES string of the molecule is COCCN(CC(=O)O)C(=O)c1cnn(-c2ccccc2Cl)c1C. The minimum atomic E-state index is -1.09. The number of carbonyl (C=O) groups excluding carboxylic acids is 1. The molecule has 0 aliphatic rings. The van der Waals surface area contributed by atoms with E-state index in [9.17, 15) is 9.59 Å². The quantitative estimate of drug-likeness (QED) is 0.824. The minimum Gasteiger partial charge on any atom is -0.480 e. The Balaban J connectivity index is 2.33. The van der Waals surface area contributed by atoms with Gasteiger partial charge >= 0.3 is 5.97 Å². The molecular formula is C16H18ClN3O4. The van der Waals surface area contributed by atoms with E-state index in [1.807, 2.05) is 6.07 Å². The van der Waals surface area contributed by atoms with Crippen LogP contribution >= 0.6 is 11.6 Å². The number of ether oxygens (including phenoxy) is 1. The second-order valence-electron chi connectivity index (χ2n) is 5.12. The number of halogens is 1. The van der Waals surface area contributed by atoms with Crippen molar-refractivity contribution in [1.29, 1.82) is 0 Å². The highest BCUT2D eigenvalue weighted by molar-refractivity contribution is 6.32. The molecule has 8 heteroatoms. The molecule has 0 saturated heterocycles. The molecule has 0 unspecified atom stereocenters. The number of hydrogen-bond acceptors (Lipinski definition) is 4. The van der Waals surface area contributed by atoms with Gasteiger partial charge in [0.05, 0.1) is 34.8 Å². The molecule has 128 valence electrons. The molecule has 1 N–H and O–H groups in total. The highest BCUT2D eigenvalue weighted by Gasteiger charge is 2.23. The van der Waals surface area contributed by atoms with Crippen LogP contribution in [0.3, 0.4) is 0 Å². The van der Waals surface area contributed by atoms with Crippen LogP contribution in [0.1, 0.15) is 16.1 Å². The van der Waals surface area contributed by atoms with Gasteiger partial charge in [0, 0.05) is 13.7 Å². The average molecular weight is 352 g/mol. The minimum absolute atomic E-state index is 0.179. The van der Waals surface area contributed by atoms with Crippen molar-refractivity contribution in [2.75, 3.05) is 26.8 Å². The zero-order valence-corrected chi connectivity index (χ0v) is 14.2. The van der Waals surface area contributed by atoms with Crippen LogP contribution < -0.4 is 0 Å². The highest BCUT2D eigenvalue weighted by Crippen LogP contribution is 2.22. The van der Waals surface area contributed by atoms with E-state index in [2.05, 4.69) is 5.10 Å². The van der Waals surface area contributed by atoms with Crippen LogP contribution in [0.25, 0.3) is 5.69 Å².